The monoisotopic (exact) mass is 486 g/mol. The van der Waals surface area contributed by atoms with Gasteiger partial charge in [0.05, 0.1) is 17.4 Å². The molecule has 180 valence electrons. The van der Waals surface area contributed by atoms with Gasteiger partial charge in [0.1, 0.15) is 5.82 Å². The molecule has 2 aromatic carbocycles. The normalized spacial score (nSPS) is 10.9. The minimum absolute atomic E-state index is 0.133. The quantitative estimate of drug-likeness (QED) is 0.339. The Hall–Kier alpha value is -3.37. The standard InChI is InChI=1S/C24H27FN4O4S/c1-3-28(15-21(30)26-14-16-5-8-18(25)9-6-16)22(31)17-7-10-19-20(13-17)27-24(34)29(23(19)32)11-4-12-33-2/h5-10,13H,3-4,11-12,14-15H2,1-2H3,(H,26,30)(H,27,34). The number of ether oxygens (including phenoxy) is 1. The summed E-state index contributed by atoms with van der Waals surface area (Å²) in [4.78, 5) is 42.7. The lowest BCUT2D eigenvalue weighted by atomic mass is 10.1. The average molecular weight is 487 g/mol. The number of aromatic nitrogens is 2. The topological polar surface area (TPSA) is 96.4 Å². The Bertz CT molecular complexity index is 1290. The van der Waals surface area contributed by atoms with Gasteiger partial charge in [-0.3, -0.25) is 19.0 Å². The number of fused-ring (bicyclic) bond motifs is 1. The van der Waals surface area contributed by atoms with Crippen molar-refractivity contribution in [3.8, 4) is 0 Å². The Balaban J connectivity index is 1.72. The van der Waals surface area contributed by atoms with E-state index in [1.165, 1.54) is 21.6 Å². The van der Waals surface area contributed by atoms with E-state index in [4.69, 9.17) is 17.0 Å². The van der Waals surface area contributed by atoms with E-state index in [0.717, 1.165) is 5.56 Å². The second-order valence-electron chi connectivity index (χ2n) is 7.72. The maximum Gasteiger partial charge on any atom is 0.262 e. The third-order valence-corrected chi connectivity index (χ3v) is 5.69. The van der Waals surface area contributed by atoms with Gasteiger partial charge in [0.15, 0.2) is 4.77 Å². The van der Waals surface area contributed by atoms with Gasteiger partial charge in [0.2, 0.25) is 5.91 Å². The number of H-pyrrole nitrogens is 1. The van der Waals surface area contributed by atoms with Crippen LogP contribution in [0.4, 0.5) is 4.39 Å². The fraction of sp³-hybridized carbons (Fsp3) is 0.333. The first kappa shape index (κ1) is 25.3. The molecule has 0 fully saturated rings. The van der Waals surface area contributed by atoms with Gasteiger partial charge in [-0.15, -0.1) is 0 Å². The van der Waals surface area contributed by atoms with E-state index in [0.29, 0.717) is 42.6 Å². The highest BCUT2D eigenvalue weighted by Gasteiger charge is 2.18. The van der Waals surface area contributed by atoms with E-state index < -0.39 is 0 Å². The van der Waals surface area contributed by atoms with E-state index in [1.807, 2.05) is 0 Å². The van der Waals surface area contributed by atoms with E-state index in [-0.39, 0.29) is 41.1 Å². The zero-order chi connectivity index (χ0) is 24.7. The number of amides is 2. The van der Waals surface area contributed by atoms with Crippen molar-refractivity contribution in [3.63, 3.8) is 0 Å². The van der Waals surface area contributed by atoms with Crippen LogP contribution in [0.3, 0.4) is 0 Å². The number of aromatic amines is 1. The van der Waals surface area contributed by atoms with Gasteiger partial charge < -0.3 is 19.9 Å². The van der Waals surface area contributed by atoms with Crippen LogP contribution < -0.4 is 10.9 Å². The Labute approximate surface area is 201 Å². The third kappa shape index (κ3) is 6.15. The minimum atomic E-state index is -0.348. The van der Waals surface area contributed by atoms with Crippen LogP contribution in [0.5, 0.6) is 0 Å². The first-order chi connectivity index (χ1) is 16.3. The second-order valence-corrected chi connectivity index (χ2v) is 8.10. The zero-order valence-electron chi connectivity index (χ0n) is 19.1. The SMILES string of the molecule is CCN(CC(=O)NCc1ccc(F)cc1)C(=O)c1ccc2c(=O)n(CCCOC)c(=S)[nH]c2c1. The maximum atomic E-state index is 13.0. The van der Waals surface area contributed by atoms with Gasteiger partial charge in [-0.25, -0.2) is 4.39 Å². The highest BCUT2D eigenvalue weighted by molar-refractivity contribution is 7.71. The van der Waals surface area contributed by atoms with Gasteiger partial charge >= 0.3 is 0 Å². The predicted octanol–water partition coefficient (Wildman–Crippen LogP) is 3.01. The number of hydrogen-bond donors (Lipinski definition) is 2. The van der Waals surface area contributed by atoms with Crippen molar-refractivity contribution in [2.75, 3.05) is 26.8 Å². The molecule has 10 heteroatoms. The Morgan fingerprint density at radius 3 is 2.62 bits per heavy atom. The number of hydrogen-bond acceptors (Lipinski definition) is 5. The molecule has 0 aliphatic heterocycles. The Kier molecular flexibility index (Phi) is 8.67. The van der Waals surface area contributed by atoms with Crippen LogP contribution in [0.15, 0.2) is 47.3 Å². The van der Waals surface area contributed by atoms with Crippen LogP contribution in [0, 0.1) is 10.6 Å². The average Bonchev–Trinajstić information content (AvgIpc) is 2.83. The number of carbonyl (C=O) groups is 2. The molecule has 0 aliphatic carbocycles. The minimum Gasteiger partial charge on any atom is -0.385 e. The molecule has 0 bridgehead atoms. The molecule has 0 radical (unpaired) electrons. The molecule has 0 saturated carbocycles. The van der Waals surface area contributed by atoms with Crippen LogP contribution >= 0.6 is 12.2 Å². The lowest BCUT2D eigenvalue weighted by molar-refractivity contribution is -0.121. The summed E-state index contributed by atoms with van der Waals surface area (Å²) in [7, 11) is 1.59. The van der Waals surface area contributed by atoms with Gasteiger partial charge in [0, 0.05) is 38.9 Å². The maximum absolute atomic E-state index is 13.0. The number of nitrogens with zero attached hydrogens (tertiary/aromatic N) is 2. The molecule has 3 aromatic rings. The molecule has 2 amide bonds. The van der Waals surface area contributed by atoms with Crippen LogP contribution in [0.25, 0.3) is 10.9 Å². The van der Waals surface area contributed by atoms with Gasteiger partial charge in [-0.05, 0) is 61.5 Å². The molecule has 8 nitrogen and oxygen atoms in total. The van der Waals surface area contributed by atoms with Crippen molar-refractivity contribution in [2.45, 2.75) is 26.4 Å². The molecule has 34 heavy (non-hydrogen) atoms. The summed E-state index contributed by atoms with van der Waals surface area (Å²) in [6.07, 6.45) is 0.643. The van der Waals surface area contributed by atoms with Crippen molar-refractivity contribution in [1.29, 1.82) is 0 Å². The van der Waals surface area contributed by atoms with Crippen molar-refractivity contribution < 1.29 is 18.7 Å². The molecule has 2 N–H and O–H groups in total. The number of rotatable bonds is 10. The third-order valence-electron chi connectivity index (χ3n) is 5.37. The number of carbonyl (C=O) groups excluding carboxylic acids is 2. The van der Waals surface area contributed by atoms with E-state index in [1.54, 1.807) is 44.4 Å². The molecule has 1 aromatic heterocycles. The van der Waals surface area contributed by atoms with Crippen LogP contribution in [0.2, 0.25) is 0 Å². The second kappa shape index (κ2) is 11.7. The number of likely N-dealkylation sites (N-methyl/N-ethyl adjacent to an activating group) is 1. The molecule has 0 atom stereocenters. The lowest BCUT2D eigenvalue weighted by Gasteiger charge is -2.20. The van der Waals surface area contributed by atoms with Crippen molar-refractivity contribution >= 4 is 34.9 Å². The van der Waals surface area contributed by atoms with Gasteiger partial charge in [-0.1, -0.05) is 12.1 Å². The van der Waals surface area contributed by atoms with Crippen molar-refractivity contribution in [3.05, 3.63) is 74.5 Å². The first-order valence-corrected chi connectivity index (χ1v) is 11.3. The van der Waals surface area contributed by atoms with Crippen molar-refractivity contribution in [2.24, 2.45) is 0 Å². The largest absolute Gasteiger partial charge is 0.385 e. The molecule has 0 unspecified atom stereocenters. The van der Waals surface area contributed by atoms with E-state index in [9.17, 15) is 18.8 Å². The molecule has 3 rings (SSSR count). The van der Waals surface area contributed by atoms with Crippen LogP contribution in [0.1, 0.15) is 29.3 Å². The fourth-order valence-corrected chi connectivity index (χ4v) is 3.78. The molecular weight excluding hydrogens is 459 g/mol. The lowest BCUT2D eigenvalue weighted by Crippen LogP contribution is -2.40. The van der Waals surface area contributed by atoms with E-state index in [2.05, 4.69) is 10.3 Å². The first-order valence-electron chi connectivity index (χ1n) is 10.9. The highest BCUT2D eigenvalue weighted by atomic mass is 32.1. The van der Waals surface area contributed by atoms with Crippen LogP contribution in [-0.2, 0) is 22.6 Å². The number of halogens is 1. The van der Waals surface area contributed by atoms with Crippen LogP contribution in [-0.4, -0.2) is 53.1 Å². The molecule has 0 saturated heterocycles. The Morgan fingerprint density at radius 2 is 1.94 bits per heavy atom. The fourth-order valence-electron chi connectivity index (χ4n) is 3.50. The smallest absolute Gasteiger partial charge is 0.262 e. The highest BCUT2D eigenvalue weighted by Crippen LogP contribution is 2.13. The van der Waals surface area contributed by atoms with Gasteiger partial charge in [-0.2, -0.15) is 0 Å². The summed E-state index contributed by atoms with van der Waals surface area (Å²) in [6.45, 7) is 3.13. The van der Waals surface area contributed by atoms with E-state index >= 15 is 0 Å². The van der Waals surface area contributed by atoms with Crippen molar-refractivity contribution in [1.82, 2.24) is 19.8 Å². The number of nitrogens with one attached hydrogen (secondary N) is 2. The summed E-state index contributed by atoms with van der Waals surface area (Å²) in [5.74, 6) is -1.03. The summed E-state index contributed by atoms with van der Waals surface area (Å²) in [5.41, 5.74) is 1.31. The predicted molar refractivity (Wildman–Crippen MR) is 130 cm³/mol. The molecular formula is C24H27FN4O4S. The molecule has 0 spiro atoms. The van der Waals surface area contributed by atoms with Gasteiger partial charge in [0.25, 0.3) is 11.5 Å². The molecule has 0 aliphatic rings. The summed E-state index contributed by atoms with van der Waals surface area (Å²) < 4.78 is 19.8. The summed E-state index contributed by atoms with van der Waals surface area (Å²) in [5, 5.41) is 3.15. The Morgan fingerprint density at radius 1 is 1.21 bits per heavy atom. The molecule has 1 heterocycles. The summed E-state index contributed by atoms with van der Waals surface area (Å²) in [6, 6.07) is 10.6. The number of methoxy groups -OCH3 is 1. The summed E-state index contributed by atoms with van der Waals surface area (Å²) >= 11 is 5.33. The number of benzene rings is 2. The zero-order valence-corrected chi connectivity index (χ0v) is 19.9.